The molecular formula is C20H16ClF3N4O3. The van der Waals surface area contributed by atoms with Crippen molar-refractivity contribution in [3.05, 3.63) is 52.8 Å². The van der Waals surface area contributed by atoms with Crippen LogP contribution in [0.4, 0.5) is 13.2 Å². The summed E-state index contributed by atoms with van der Waals surface area (Å²) in [6.45, 7) is 0. The highest BCUT2D eigenvalue weighted by molar-refractivity contribution is 6.31. The average molecular weight is 453 g/mol. The predicted octanol–water partition coefficient (Wildman–Crippen LogP) is 3.54. The Labute approximate surface area is 178 Å². The van der Waals surface area contributed by atoms with E-state index in [2.05, 4.69) is 25.2 Å². The zero-order valence-electron chi connectivity index (χ0n) is 15.8. The molecule has 5 rings (SSSR count). The highest BCUT2D eigenvalue weighted by Crippen LogP contribution is 2.60. The summed E-state index contributed by atoms with van der Waals surface area (Å²) in [4.78, 5) is 16.0. The van der Waals surface area contributed by atoms with Crippen LogP contribution in [0.25, 0.3) is 10.9 Å². The highest BCUT2D eigenvalue weighted by atomic mass is 35.5. The maximum atomic E-state index is 12.5. The summed E-state index contributed by atoms with van der Waals surface area (Å²) in [7, 11) is 0. The summed E-state index contributed by atoms with van der Waals surface area (Å²) in [6.07, 6.45) is -1.30. The Morgan fingerprint density at radius 1 is 1.29 bits per heavy atom. The number of ether oxygens (including phenoxy) is 1. The maximum Gasteiger partial charge on any atom is 0.574 e. The van der Waals surface area contributed by atoms with Gasteiger partial charge in [-0.2, -0.15) is 5.10 Å². The number of pyridine rings is 1. The van der Waals surface area contributed by atoms with Gasteiger partial charge in [-0.3, -0.25) is 9.89 Å². The van der Waals surface area contributed by atoms with Crippen molar-refractivity contribution >= 4 is 28.4 Å². The van der Waals surface area contributed by atoms with E-state index in [-0.39, 0.29) is 23.4 Å². The highest BCUT2D eigenvalue weighted by Gasteiger charge is 2.62. The lowest BCUT2D eigenvalue weighted by Gasteiger charge is -2.27. The van der Waals surface area contributed by atoms with Gasteiger partial charge in [0.15, 0.2) is 0 Å². The van der Waals surface area contributed by atoms with Gasteiger partial charge in [0.05, 0.1) is 17.3 Å². The molecule has 2 saturated carbocycles. The minimum atomic E-state index is -4.89. The Morgan fingerprint density at radius 3 is 2.74 bits per heavy atom. The minimum absolute atomic E-state index is 0.0180. The third kappa shape index (κ3) is 3.70. The molecule has 2 heterocycles. The fraction of sp³-hybridized carbons (Fsp3) is 0.350. The van der Waals surface area contributed by atoms with Crippen molar-refractivity contribution in [1.29, 1.82) is 0 Å². The second-order valence-corrected chi connectivity index (χ2v) is 8.42. The first-order valence-electron chi connectivity index (χ1n) is 9.51. The van der Waals surface area contributed by atoms with E-state index in [1.54, 1.807) is 18.3 Å². The van der Waals surface area contributed by atoms with Crippen molar-refractivity contribution in [2.24, 2.45) is 11.8 Å². The van der Waals surface area contributed by atoms with Crippen molar-refractivity contribution in [1.82, 2.24) is 20.5 Å². The van der Waals surface area contributed by atoms with Crippen LogP contribution in [-0.4, -0.2) is 38.6 Å². The number of nitrogens with zero attached hydrogens (tertiary/aromatic N) is 2. The van der Waals surface area contributed by atoms with E-state index >= 15 is 0 Å². The number of hydrogen-bond acceptors (Lipinski definition) is 5. The summed E-state index contributed by atoms with van der Waals surface area (Å²) in [5.74, 6) is -1.10. The van der Waals surface area contributed by atoms with Gasteiger partial charge in [-0.15, -0.1) is 13.2 Å². The lowest BCUT2D eigenvalue weighted by molar-refractivity contribution is -0.276. The predicted molar refractivity (Wildman–Crippen MR) is 103 cm³/mol. The minimum Gasteiger partial charge on any atom is -0.388 e. The monoisotopic (exact) mass is 452 g/mol. The lowest BCUT2D eigenvalue weighted by Crippen LogP contribution is -2.33. The standard InChI is InChI=1S/C20H16ClF3N4O3/c21-10-4-14(13-8-26-28-15(13)5-10)19(30)6-11-12(7-19)17(11)27-18(29)9-1-2-25-16(3-9)31-20(22,23)24/h1-5,8,11-12,17,30H,6-7H2,(H,26,28)(H,27,29)/t11-,12+,17+,19-. The SMILES string of the molecule is O=C(N[C@H]1[C@@H]2C[C@](O)(c3cc(Cl)cc4[nH]ncc34)C[C@@H]21)c1ccnc(OC(F)(F)F)c1. The first-order chi connectivity index (χ1) is 14.6. The number of aromatic amines is 1. The molecule has 0 bridgehead atoms. The number of hydrogen-bond donors (Lipinski definition) is 3. The third-order valence-corrected chi connectivity index (χ3v) is 6.24. The van der Waals surface area contributed by atoms with Crippen LogP contribution in [0.5, 0.6) is 5.88 Å². The van der Waals surface area contributed by atoms with Gasteiger partial charge in [-0.25, -0.2) is 4.98 Å². The molecular weight excluding hydrogens is 437 g/mol. The molecule has 3 aromatic rings. The van der Waals surface area contributed by atoms with Crippen LogP contribution in [0.15, 0.2) is 36.7 Å². The Hall–Kier alpha value is -2.85. The number of H-pyrrole nitrogens is 1. The second-order valence-electron chi connectivity index (χ2n) is 7.98. The molecule has 31 heavy (non-hydrogen) atoms. The van der Waals surface area contributed by atoms with Gasteiger partial charge in [0, 0.05) is 34.3 Å². The van der Waals surface area contributed by atoms with Crippen LogP contribution in [0.3, 0.4) is 0 Å². The number of nitrogens with one attached hydrogen (secondary N) is 2. The summed E-state index contributed by atoms with van der Waals surface area (Å²) in [5.41, 5.74) is 0.359. The van der Waals surface area contributed by atoms with E-state index in [9.17, 15) is 23.1 Å². The molecule has 7 nitrogen and oxygen atoms in total. The number of carbonyl (C=O) groups excluding carboxylic acids is 1. The fourth-order valence-corrected chi connectivity index (χ4v) is 4.88. The summed E-state index contributed by atoms with van der Waals surface area (Å²) in [5, 5.41) is 22.3. The van der Waals surface area contributed by atoms with Crippen LogP contribution >= 0.6 is 11.6 Å². The van der Waals surface area contributed by atoms with E-state index in [0.717, 1.165) is 23.2 Å². The van der Waals surface area contributed by atoms with Crippen LogP contribution in [-0.2, 0) is 5.60 Å². The van der Waals surface area contributed by atoms with E-state index < -0.39 is 23.8 Å². The molecule has 11 heteroatoms. The number of aromatic nitrogens is 3. The van der Waals surface area contributed by atoms with Gasteiger partial charge in [0.1, 0.15) is 0 Å². The molecule has 2 fully saturated rings. The Balaban J connectivity index is 1.27. The maximum absolute atomic E-state index is 12.5. The summed E-state index contributed by atoms with van der Waals surface area (Å²) >= 11 is 6.19. The molecule has 0 unspecified atom stereocenters. The summed E-state index contributed by atoms with van der Waals surface area (Å²) in [6, 6.07) is 5.57. The van der Waals surface area contributed by atoms with E-state index in [1.165, 1.54) is 6.07 Å². The smallest absolute Gasteiger partial charge is 0.388 e. The zero-order chi connectivity index (χ0) is 22.0. The Bertz CT molecular complexity index is 1170. The third-order valence-electron chi connectivity index (χ3n) is 6.02. The van der Waals surface area contributed by atoms with Crippen LogP contribution < -0.4 is 10.1 Å². The van der Waals surface area contributed by atoms with Crippen molar-refractivity contribution in [3.63, 3.8) is 0 Å². The molecule has 0 aliphatic heterocycles. The molecule has 2 aliphatic carbocycles. The molecule has 4 atom stereocenters. The van der Waals surface area contributed by atoms with Gasteiger partial charge in [0.25, 0.3) is 5.91 Å². The molecule has 162 valence electrons. The molecule has 0 saturated heterocycles. The van der Waals surface area contributed by atoms with E-state index in [0.29, 0.717) is 23.4 Å². The second kappa shape index (κ2) is 6.83. The van der Waals surface area contributed by atoms with Gasteiger partial charge in [-0.05, 0) is 48.4 Å². The number of rotatable bonds is 4. The molecule has 2 aliphatic rings. The van der Waals surface area contributed by atoms with Gasteiger partial charge in [-0.1, -0.05) is 11.6 Å². The molecule has 3 N–H and O–H groups in total. The Morgan fingerprint density at radius 2 is 2.03 bits per heavy atom. The Kier molecular flexibility index (Phi) is 4.42. The number of fused-ring (bicyclic) bond motifs is 2. The average Bonchev–Trinajstić information content (AvgIpc) is 3.04. The normalized spacial score (nSPS) is 27.2. The first kappa shape index (κ1) is 20.1. The number of aliphatic hydroxyl groups is 1. The number of alkyl halides is 3. The molecule has 0 radical (unpaired) electrons. The first-order valence-corrected chi connectivity index (χ1v) is 9.89. The molecule has 1 amide bonds. The van der Waals surface area contributed by atoms with Gasteiger partial charge < -0.3 is 15.2 Å². The molecule has 2 aromatic heterocycles. The summed E-state index contributed by atoms with van der Waals surface area (Å²) < 4.78 is 40.9. The van der Waals surface area contributed by atoms with Crippen molar-refractivity contribution in [3.8, 4) is 5.88 Å². The van der Waals surface area contributed by atoms with E-state index in [1.807, 2.05) is 0 Å². The fourth-order valence-electron chi connectivity index (χ4n) is 4.66. The quantitative estimate of drug-likeness (QED) is 0.562. The van der Waals surface area contributed by atoms with Crippen LogP contribution in [0, 0.1) is 11.8 Å². The lowest BCUT2D eigenvalue weighted by atomic mass is 9.86. The van der Waals surface area contributed by atoms with Gasteiger partial charge >= 0.3 is 6.36 Å². The number of benzene rings is 1. The number of carbonyl (C=O) groups is 1. The molecule has 0 spiro atoms. The van der Waals surface area contributed by atoms with Crippen molar-refractivity contribution in [2.45, 2.75) is 30.8 Å². The zero-order valence-corrected chi connectivity index (χ0v) is 16.5. The topological polar surface area (TPSA) is 100 Å². The number of halogens is 4. The largest absolute Gasteiger partial charge is 0.574 e. The number of amides is 1. The van der Waals surface area contributed by atoms with Crippen LogP contribution in [0.1, 0.15) is 28.8 Å². The van der Waals surface area contributed by atoms with Crippen molar-refractivity contribution in [2.75, 3.05) is 0 Å². The van der Waals surface area contributed by atoms with E-state index in [4.69, 9.17) is 11.6 Å². The van der Waals surface area contributed by atoms with Crippen LogP contribution in [0.2, 0.25) is 5.02 Å². The molecule has 1 aromatic carbocycles. The van der Waals surface area contributed by atoms with Crippen molar-refractivity contribution < 1.29 is 27.8 Å². The van der Waals surface area contributed by atoms with Gasteiger partial charge in [0.2, 0.25) is 5.88 Å².